The number of nitrogens with one attached hydrogen (secondary N) is 1. The molecule has 3 aliphatic rings. The third-order valence-corrected chi connectivity index (χ3v) is 5.63. The van der Waals surface area contributed by atoms with Gasteiger partial charge < -0.3 is 20.9 Å². The van der Waals surface area contributed by atoms with E-state index >= 15 is 0 Å². The lowest BCUT2D eigenvalue weighted by atomic mass is 10.0. The van der Waals surface area contributed by atoms with Crippen molar-refractivity contribution in [1.82, 2.24) is 20.0 Å². The van der Waals surface area contributed by atoms with Crippen molar-refractivity contribution in [2.75, 3.05) is 32.7 Å². The number of urea groups is 1. The molecule has 27 heavy (non-hydrogen) atoms. The number of carbonyl (C=O) groups is 1. The number of carbonyl (C=O) groups excluding carboxylic acids is 1. The molecule has 2 unspecified atom stereocenters. The van der Waals surface area contributed by atoms with Crippen LogP contribution in [-0.4, -0.2) is 65.5 Å². The molecule has 0 aromatic heterocycles. The van der Waals surface area contributed by atoms with Crippen LogP contribution in [0.3, 0.4) is 0 Å². The molecular weight excluding hydrogens is 340 g/mol. The van der Waals surface area contributed by atoms with Crippen LogP contribution in [0, 0.1) is 11.3 Å². The minimum atomic E-state index is 0.0193. The van der Waals surface area contributed by atoms with Gasteiger partial charge >= 0.3 is 6.03 Å². The molecule has 2 atom stereocenters. The SMILES string of the molecule is N#Cc1ccccc1CN1C(=O)N2CCNCC2C=C1N1CCCC(N)C1. The van der Waals surface area contributed by atoms with E-state index in [1.807, 2.05) is 28.0 Å². The Labute approximate surface area is 160 Å². The Hall–Kier alpha value is -2.56. The highest BCUT2D eigenvalue weighted by molar-refractivity contribution is 5.78. The van der Waals surface area contributed by atoms with E-state index in [2.05, 4.69) is 22.4 Å². The van der Waals surface area contributed by atoms with Crippen LogP contribution in [-0.2, 0) is 6.54 Å². The molecule has 7 nitrogen and oxygen atoms in total. The van der Waals surface area contributed by atoms with E-state index in [1.165, 1.54) is 0 Å². The smallest absolute Gasteiger partial charge is 0.326 e. The zero-order valence-corrected chi connectivity index (χ0v) is 15.5. The van der Waals surface area contributed by atoms with E-state index in [0.29, 0.717) is 18.7 Å². The van der Waals surface area contributed by atoms with Gasteiger partial charge in [0.15, 0.2) is 0 Å². The van der Waals surface area contributed by atoms with E-state index in [4.69, 9.17) is 5.73 Å². The number of nitrogens with two attached hydrogens (primary N) is 1. The second-order valence-corrected chi connectivity index (χ2v) is 7.48. The molecule has 2 amide bonds. The minimum absolute atomic E-state index is 0.0193. The number of likely N-dealkylation sites (tertiary alicyclic amines) is 1. The number of nitrogens with zero attached hydrogens (tertiary/aromatic N) is 4. The summed E-state index contributed by atoms with van der Waals surface area (Å²) in [6.45, 7) is 4.35. The summed E-state index contributed by atoms with van der Waals surface area (Å²) in [6, 6.07) is 9.96. The number of piperidine rings is 1. The van der Waals surface area contributed by atoms with Crippen molar-refractivity contribution in [3.8, 4) is 6.07 Å². The lowest BCUT2D eigenvalue weighted by molar-refractivity contribution is 0.101. The number of hydrogen-bond acceptors (Lipinski definition) is 5. The second kappa shape index (κ2) is 7.59. The molecule has 0 spiro atoms. The average Bonchev–Trinajstić information content (AvgIpc) is 2.70. The van der Waals surface area contributed by atoms with Gasteiger partial charge in [0.2, 0.25) is 0 Å². The van der Waals surface area contributed by atoms with Crippen LogP contribution in [0.1, 0.15) is 24.0 Å². The molecule has 4 rings (SSSR count). The highest BCUT2D eigenvalue weighted by Crippen LogP contribution is 2.28. The van der Waals surface area contributed by atoms with Crippen molar-refractivity contribution in [2.45, 2.75) is 31.5 Å². The fourth-order valence-electron chi connectivity index (χ4n) is 4.21. The van der Waals surface area contributed by atoms with Crippen molar-refractivity contribution < 1.29 is 4.79 Å². The molecule has 142 valence electrons. The summed E-state index contributed by atoms with van der Waals surface area (Å²) in [6.07, 6.45) is 4.24. The first-order chi connectivity index (χ1) is 13.2. The van der Waals surface area contributed by atoms with E-state index < -0.39 is 0 Å². The molecule has 3 heterocycles. The topological polar surface area (TPSA) is 88.6 Å². The maximum atomic E-state index is 13.3. The Morgan fingerprint density at radius 2 is 2.15 bits per heavy atom. The summed E-state index contributed by atoms with van der Waals surface area (Å²) in [7, 11) is 0. The Morgan fingerprint density at radius 1 is 1.30 bits per heavy atom. The standard InChI is InChI=1S/C20H26N6O/c21-11-15-4-1-2-5-16(15)13-26-19(24-8-3-6-17(22)14-24)10-18-12-23-7-9-25(18)20(26)27/h1-2,4-5,10,17-18,23H,3,6-9,12-14,22H2. The number of piperazine rings is 1. The maximum absolute atomic E-state index is 13.3. The lowest BCUT2D eigenvalue weighted by Gasteiger charge is -2.47. The van der Waals surface area contributed by atoms with Gasteiger partial charge in [-0.1, -0.05) is 18.2 Å². The Kier molecular flexibility index (Phi) is 5.01. The van der Waals surface area contributed by atoms with E-state index in [1.54, 1.807) is 6.07 Å². The number of amides is 2. The molecule has 7 heteroatoms. The van der Waals surface area contributed by atoms with Crippen LogP contribution in [0.4, 0.5) is 4.79 Å². The summed E-state index contributed by atoms with van der Waals surface area (Å²) in [5.74, 6) is 0.938. The number of fused-ring (bicyclic) bond motifs is 1. The summed E-state index contributed by atoms with van der Waals surface area (Å²) >= 11 is 0. The fourth-order valence-corrected chi connectivity index (χ4v) is 4.21. The first-order valence-electron chi connectivity index (χ1n) is 9.66. The number of hydrogen-bond donors (Lipinski definition) is 2. The van der Waals surface area contributed by atoms with Gasteiger partial charge in [0.1, 0.15) is 5.82 Å². The Bertz CT molecular complexity index is 785. The molecule has 2 fully saturated rings. The zero-order valence-electron chi connectivity index (χ0n) is 15.5. The molecular formula is C20H26N6O. The van der Waals surface area contributed by atoms with Gasteiger partial charge in [-0.25, -0.2) is 4.79 Å². The van der Waals surface area contributed by atoms with Crippen LogP contribution in [0.2, 0.25) is 0 Å². The highest BCUT2D eigenvalue weighted by atomic mass is 16.2. The van der Waals surface area contributed by atoms with Gasteiger partial charge in [0.05, 0.1) is 24.2 Å². The third-order valence-electron chi connectivity index (χ3n) is 5.63. The largest absolute Gasteiger partial charge is 0.357 e. The van der Waals surface area contributed by atoms with Gasteiger partial charge in [-0.3, -0.25) is 4.90 Å². The quantitative estimate of drug-likeness (QED) is 0.834. The van der Waals surface area contributed by atoms with Crippen LogP contribution < -0.4 is 11.1 Å². The first-order valence-corrected chi connectivity index (χ1v) is 9.66. The highest BCUT2D eigenvalue weighted by Gasteiger charge is 2.38. The molecule has 2 saturated heterocycles. The molecule has 1 aromatic rings. The molecule has 1 aromatic carbocycles. The first kappa shape index (κ1) is 17.8. The second-order valence-electron chi connectivity index (χ2n) is 7.48. The van der Waals surface area contributed by atoms with Crippen molar-refractivity contribution in [2.24, 2.45) is 5.73 Å². The zero-order chi connectivity index (χ0) is 18.8. The van der Waals surface area contributed by atoms with Crippen molar-refractivity contribution in [3.05, 3.63) is 47.3 Å². The van der Waals surface area contributed by atoms with E-state index in [9.17, 15) is 10.1 Å². The summed E-state index contributed by atoms with van der Waals surface area (Å²) in [4.78, 5) is 19.3. The summed E-state index contributed by atoms with van der Waals surface area (Å²) in [5, 5.41) is 12.8. The van der Waals surface area contributed by atoms with Crippen molar-refractivity contribution >= 4 is 6.03 Å². The van der Waals surface area contributed by atoms with Crippen molar-refractivity contribution in [3.63, 3.8) is 0 Å². The predicted octanol–water partition coefficient (Wildman–Crippen LogP) is 1.03. The van der Waals surface area contributed by atoms with Gasteiger partial charge in [-0.2, -0.15) is 5.26 Å². The molecule has 0 bridgehead atoms. The normalized spacial score (nSPS) is 25.7. The van der Waals surface area contributed by atoms with Crippen LogP contribution in [0.25, 0.3) is 0 Å². The number of benzene rings is 1. The number of rotatable bonds is 3. The Balaban J connectivity index is 1.68. The van der Waals surface area contributed by atoms with E-state index in [0.717, 1.165) is 50.4 Å². The molecule has 0 radical (unpaired) electrons. The summed E-state index contributed by atoms with van der Waals surface area (Å²) < 4.78 is 0. The molecule has 3 N–H and O–H groups in total. The average molecular weight is 366 g/mol. The van der Waals surface area contributed by atoms with Crippen LogP contribution in [0.5, 0.6) is 0 Å². The monoisotopic (exact) mass is 366 g/mol. The molecule has 3 aliphatic heterocycles. The van der Waals surface area contributed by atoms with Crippen LogP contribution >= 0.6 is 0 Å². The number of nitriles is 1. The summed E-state index contributed by atoms with van der Waals surface area (Å²) in [5.41, 5.74) is 7.69. The van der Waals surface area contributed by atoms with Gasteiger partial charge in [-0.15, -0.1) is 0 Å². The molecule has 0 aliphatic carbocycles. The van der Waals surface area contributed by atoms with Gasteiger partial charge in [0.25, 0.3) is 0 Å². The Morgan fingerprint density at radius 3 is 2.96 bits per heavy atom. The van der Waals surface area contributed by atoms with Crippen molar-refractivity contribution in [1.29, 1.82) is 5.26 Å². The van der Waals surface area contributed by atoms with Crippen LogP contribution in [0.15, 0.2) is 36.2 Å². The third kappa shape index (κ3) is 3.51. The fraction of sp³-hybridized carbons (Fsp3) is 0.500. The maximum Gasteiger partial charge on any atom is 0.326 e. The van der Waals surface area contributed by atoms with Gasteiger partial charge in [-0.05, 0) is 30.5 Å². The lowest BCUT2D eigenvalue weighted by Crippen LogP contribution is -2.61. The van der Waals surface area contributed by atoms with E-state index in [-0.39, 0.29) is 18.1 Å². The van der Waals surface area contributed by atoms with Gasteiger partial charge in [0, 0.05) is 38.8 Å². The molecule has 0 saturated carbocycles. The predicted molar refractivity (Wildman–Crippen MR) is 102 cm³/mol. The minimum Gasteiger partial charge on any atom is -0.357 e.